The first-order chi connectivity index (χ1) is 8.57. The Labute approximate surface area is 109 Å². The van der Waals surface area contributed by atoms with E-state index in [1.807, 2.05) is 6.07 Å². The Bertz CT molecular complexity index is 507. The Kier molecular flexibility index (Phi) is 4.04. The predicted molar refractivity (Wildman–Crippen MR) is 71.5 cm³/mol. The van der Waals surface area contributed by atoms with Gasteiger partial charge in [0.15, 0.2) is 0 Å². The average molecular weight is 268 g/mol. The standard InChI is InChI=1S/C13H20N2O2S/c1-15(12-7-3-4-8-12)18(16,17)13-9-5-2-6-11(13)10-14/h2,5-6,9,12H,3-4,7-8,10,14H2,1H3. The Hall–Kier alpha value is -0.910. The summed E-state index contributed by atoms with van der Waals surface area (Å²) in [7, 11) is -1.73. The Morgan fingerprint density at radius 2 is 1.89 bits per heavy atom. The van der Waals surface area contributed by atoms with Gasteiger partial charge in [0.2, 0.25) is 10.0 Å². The molecule has 2 rings (SSSR count). The summed E-state index contributed by atoms with van der Waals surface area (Å²) in [5.74, 6) is 0. The molecule has 1 saturated carbocycles. The summed E-state index contributed by atoms with van der Waals surface area (Å²) in [4.78, 5) is 0.349. The van der Waals surface area contributed by atoms with E-state index in [0.717, 1.165) is 25.7 Å². The molecule has 0 saturated heterocycles. The number of hydrogen-bond acceptors (Lipinski definition) is 3. The second-order valence-corrected chi connectivity index (χ2v) is 6.74. The van der Waals surface area contributed by atoms with Gasteiger partial charge in [0.1, 0.15) is 0 Å². The summed E-state index contributed by atoms with van der Waals surface area (Å²) >= 11 is 0. The molecule has 18 heavy (non-hydrogen) atoms. The molecule has 0 atom stereocenters. The number of rotatable bonds is 4. The van der Waals surface area contributed by atoms with Crippen LogP contribution in [0.2, 0.25) is 0 Å². The van der Waals surface area contributed by atoms with Crippen LogP contribution in [0.5, 0.6) is 0 Å². The van der Waals surface area contributed by atoms with Crippen molar-refractivity contribution in [3.05, 3.63) is 29.8 Å². The minimum atomic E-state index is -3.41. The van der Waals surface area contributed by atoms with Crippen LogP contribution in [0.25, 0.3) is 0 Å². The maximum atomic E-state index is 12.6. The third kappa shape index (κ3) is 2.43. The molecule has 1 aliphatic carbocycles. The zero-order valence-corrected chi connectivity index (χ0v) is 11.5. The molecule has 0 radical (unpaired) electrons. The predicted octanol–water partition coefficient (Wildman–Crippen LogP) is 1.71. The van der Waals surface area contributed by atoms with Gasteiger partial charge in [-0.2, -0.15) is 4.31 Å². The van der Waals surface area contributed by atoms with Gasteiger partial charge in [-0.3, -0.25) is 0 Å². The smallest absolute Gasteiger partial charge is 0.243 e. The zero-order chi connectivity index (χ0) is 13.2. The number of sulfonamides is 1. The Balaban J connectivity index is 2.35. The molecule has 1 aromatic rings. The highest BCUT2D eigenvalue weighted by Crippen LogP contribution is 2.28. The van der Waals surface area contributed by atoms with E-state index in [2.05, 4.69) is 0 Å². The van der Waals surface area contributed by atoms with E-state index in [4.69, 9.17) is 5.73 Å². The highest BCUT2D eigenvalue weighted by molar-refractivity contribution is 7.89. The van der Waals surface area contributed by atoms with Gasteiger partial charge in [-0.25, -0.2) is 8.42 Å². The quantitative estimate of drug-likeness (QED) is 0.904. The highest BCUT2D eigenvalue weighted by Gasteiger charge is 2.30. The van der Waals surface area contributed by atoms with Gasteiger partial charge in [0.05, 0.1) is 4.90 Å². The van der Waals surface area contributed by atoms with Crippen molar-refractivity contribution in [1.82, 2.24) is 4.31 Å². The number of hydrogen-bond donors (Lipinski definition) is 1. The fourth-order valence-electron chi connectivity index (χ4n) is 2.54. The SMILES string of the molecule is CN(C1CCCC1)S(=O)(=O)c1ccccc1CN. The Morgan fingerprint density at radius 3 is 2.50 bits per heavy atom. The first kappa shape index (κ1) is 13.5. The molecule has 0 spiro atoms. The fourth-order valence-corrected chi connectivity index (χ4v) is 4.19. The van der Waals surface area contributed by atoms with E-state index in [-0.39, 0.29) is 12.6 Å². The van der Waals surface area contributed by atoms with Crippen LogP contribution in [0, 0.1) is 0 Å². The van der Waals surface area contributed by atoms with Crippen LogP contribution in [-0.2, 0) is 16.6 Å². The lowest BCUT2D eigenvalue weighted by Crippen LogP contribution is -2.35. The van der Waals surface area contributed by atoms with E-state index in [1.54, 1.807) is 25.2 Å². The second kappa shape index (κ2) is 5.38. The number of benzene rings is 1. The van der Waals surface area contributed by atoms with Gasteiger partial charge in [0.25, 0.3) is 0 Å². The lowest BCUT2D eigenvalue weighted by Gasteiger charge is -2.24. The maximum Gasteiger partial charge on any atom is 0.243 e. The molecule has 4 nitrogen and oxygen atoms in total. The molecule has 5 heteroatoms. The lowest BCUT2D eigenvalue weighted by atomic mass is 10.2. The van der Waals surface area contributed by atoms with Gasteiger partial charge in [-0.15, -0.1) is 0 Å². The van der Waals surface area contributed by atoms with Gasteiger partial charge in [0, 0.05) is 19.6 Å². The number of nitrogens with zero attached hydrogens (tertiary/aromatic N) is 1. The van der Waals surface area contributed by atoms with Crippen LogP contribution in [-0.4, -0.2) is 25.8 Å². The van der Waals surface area contributed by atoms with E-state index < -0.39 is 10.0 Å². The van der Waals surface area contributed by atoms with E-state index >= 15 is 0 Å². The molecule has 100 valence electrons. The van der Waals surface area contributed by atoms with Crippen LogP contribution >= 0.6 is 0 Å². The van der Waals surface area contributed by atoms with E-state index in [0.29, 0.717) is 10.5 Å². The van der Waals surface area contributed by atoms with E-state index in [9.17, 15) is 8.42 Å². The molecular weight excluding hydrogens is 248 g/mol. The largest absolute Gasteiger partial charge is 0.326 e. The molecule has 1 aromatic carbocycles. The summed E-state index contributed by atoms with van der Waals surface area (Å²) in [6.07, 6.45) is 4.15. The third-order valence-electron chi connectivity index (χ3n) is 3.69. The topological polar surface area (TPSA) is 63.4 Å². The molecule has 0 heterocycles. The fraction of sp³-hybridized carbons (Fsp3) is 0.538. The van der Waals surface area contributed by atoms with Crippen LogP contribution in [0.3, 0.4) is 0 Å². The van der Waals surface area contributed by atoms with Crippen molar-refractivity contribution in [2.24, 2.45) is 5.73 Å². The summed E-state index contributed by atoms with van der Waals surface area (Å²) in [5.41, 5.74) is 6.30. The molecule has 0 aromatic heterocycles. The van der Waals surface area contributed by atoms with Crippen LogP contribution in [0.4, 0.5) is 0 Å². The maximum absolute atomic E-state index is 12.6. The molecule has 0 aliphatic heterocycles. The summed E-state index contributed by atoms with van der Waals surface area (Å²) < 4.78 is 26.7. The first-order valence-corrected chi connectivity index (χ1v) is 7.77. The highest BCUT2D eigenvalue weighted by atomic mass is 32.2. The molecule has 0 unspecified atom stereocenters. The molecular formula is C13H20N2O2S. The van der Waals surface area contributed by atoms with Gasteiger partial charge in [-0.05, 0) is 24.5 Å². The van der Waals surface area contributed by atoms with Crippen molar-refractivity contribution in [2.45, 2.75) is 43.2 Å². The normalized spacial score (nSPS) is 17.5. The van der Waals surface area contributed by atoms with Crippen molar-refractivity contribution in [3.8, 4) is 0 Å². The van der Waals surface area contributed by atoms with Crippen molar-refractivity contribution in [2.75, 3.05) is 7.05 Å². The van der Waals surface area contributed by atoms with Crippen LogP contribution in [0.15, 0.2) is 29.2 Å². The van der Waals surface area contributed by atoms with Crippen LogP contribution < -0.4 is 5.73 Å². The first-order valence-electron chi connectivity index (χ1n) is 6.33. The van der Waals surface area contributed by atoms with E-state index in [1.165, 1.54) is 4.31 Å². The van der Waals surface area contributed by atoms with Crippen molar-refractivity contribution in [3.63, 3.8) is 0 Å². The van der Waals surface area contributed by atoms with Crippen LogP contribution in [0.1, 0.15) is 31.2 Å². The molecule has 1 fully saturated rings. The summed E-state index contributed by atoms with van der Waals surface area (Å²) in [6, 6.07) is 7.12. The minimum absolute atomic E-state index is 0.140. The molecule has 0 bridgehead atoms. The Morgan fingerprint density at radius 1 is 1.28 bits per heavy atom. The minimum Gasteiger partial charge on any atom is -0.326 e. The average Bonchev–Trinajstić information content (AvgIpc) is 2.91. The number of nitrogens with two attached hydrogens (primary N) is 1. The van der Waals surface area contributed by atoms with Gasteiger partial charge < -0.3 is 5.73 Å². The second-order valence-electron chi connectivity index (χ2n) is 4.77. The van der Waals surface area contributed by atoms with Gasteiger partial charge >= 0.3 is 0 Å². The molecule has 2 N–H and O–H groups in total. The molecule has 1 aliphatic rings. The zero-order valence-electron chi connectivity index (χ0n) is 10.7. The monoisotopic (exact) mass is 268 g/mol. The van der Waals surface area contributed by atoms with Crippen molar-refractivity contribution in [1.29, 1.82) is 0 Å². The molecule has 0 amide bonds. The lowest BCUT2D eigenvalue weighted by molar-refractivity contribution is 0.372. The summed E-state index contributed by atoms with van der Waals surface area (Å²) in [6.45, 7) is 0.244. The van der Waals surface area contributed by atoms with Crippen molar-refractivity contribution < 1.29 is 8.42 Å². The van der Waals surface area contributed by atoms with Crippen molar-refractivity contribution >= 4 is 10.0 Å². The summed E-state index contributed by atoms with van der Waals surface area (Å²) in [5, 5.41) is 0. The third-order valence-corrected chi connectivity index (χ3v) is 5.70. The van der Waals surface area contributed by atoms with Gasteiger partial charge in [-0.1, -0.05) is 31.0 Å².